The average molecular weight is 277 g/mol. The molecule has 2 unspecified atom stereocenters. The molecule has 0 heterocycles. The van der Waals surface area contributed by atoms with E-state index in [1.165, 1.54) is 0 Å². The van der Waals surface area contributed by atoms with Crippen molar-refractivity contribution in [2.45, 2.75) is 44.8 Å². The Hall–Kier alpha value is -1.55. The molecule has 110 valence electrons. The van der Waals surface area contributed by atoms with Crippen LogP contribution in [0.4, 0.5) is 0 Å². The van der Waals surface area contributed by atoms with Gasteiger partial charge in [0, 0.05) is 6.42 Å². The molecule has 0 saturated heterocycles. The van der Waals surface area contributed by atoms with Crippen LogP contribution in [0.25, 0.3) is 0 Å². The number of benzene rings is 1. The van der Waals surface area contributed by atoms with E-state index in [-0.39, 0.29) is 12.1 Å². The molecule has 4 nitrogen and oxygen atoms in total. The summed E-state index contributed by atoms with van der Waals surface area (Å²) in [5.74, 6) is 0.703. The molecule has 0 aliphatic heterocycles. The largest absolute Gasteiger partial charge is 0.490 e. The number of nitrogens with one attached hydrogen (secondary N) is 1. The molecule has 1 saturated carbocycles. The molecular formula is C16H23NO3. The fourth-order valence-electron chi connectivity index (χ4n) is 2.82. The Kier molecular flexibility index (Phi) is 5.01. The predicted octanol–water partition coefficient (Wildman–Crippen LogP) is 2.53. The summed E-state index contributed by atoms with van der Waals surface area (Å²) in [6, 6.07) is 9.75. The molecule has 4 heteroatoms. The van der Waals surface area contributed by atoms with Crippen LogP contribution in [-0.4, -0.2) is 30.8 Å². The Balaban J connectivity index is 2.02. The van der Waals surface area contributed by atoms with E-state index in [0.717, 1.165) is 25.1 Å². The molecule has 0 aromatic heterocycles. The highest BCUT2D eigenvalue weighted by Gasteiger charge is 2.46. The van der Waals surface area contributed by atoms with Crippen LogP contribution in [0.2, 0.25) is 0 Å². The minimum Gasteiger partial charge on any atom is -0.490 e. The number of hydrogen-bond acceptors (Lipinski definition) is 4. The van der Waals surface area contributed by atoms with Gasteiger partial charge in [0.2, 0.25) is 0 Å². The van der Waals surface area contributed by atoms with Crippen LogP contribution in [0.5, 0.6) is 5.75 Å². The minimum atomic E-state index is -0.579. The summed E-state index contributed by atoms with van der Waals surface area (Å²) in [7, 11) is 0. The lowest BCUT2D eigenvalue weighted by molar-refractivity contribution is -0.151. The third-order valence-electron chi connectivity index (χ3n) is 3.70. The molecule has 1 N–H and O–H groups in total. The number of carbonyl (C=O) groups excluding carboxylic acids is 1. The van der Waals surface area contributed by atoms with E-state index >= 15 is 0 Å². The zero-order valence-corrected chi connectivity index (χ0v) is 12.2. The van der Waals surface area contributed by atoms with Gasteiger partial charge in [0.1, 0.15) is 17.4 Å². The van der Waals surface area contributed by atoms with Gasteiger partial charge in [-0.25, -0.2) is 0 Å². The number of ether oxygens (including phenoxy) is 2. The second kappa shape index (κ2) is 6.75. The molecule has 0 bridgehead atoms. The van der Waals surface area contributed by atoms with Crippen molar-refractivity contribution < 1.29 is 14.3 Å². The number of hydrogen-bond donors (Lipinski definition) is 1. The highest BCUT2D eigenvalue weighted by Crippen LogP contribution is 2.33. The van der Waals surface area contributed by atoms with Crippen molar-refractivity contribution in [2.75, 3.05) is 13.2 Å². The van der Waals surface area contributed by atoms with Crippen molar-refractivity contribution in [1.82, 2.24) is 5.32 Å². The van der Waals surface area contributed by atoms with Crippen LogP contribution in [0.3, 0.4) is 0 Å². The van der Waals surface area contributed by atoms with E-state index in [2.05, 4.69) is 5.32 Å². The molecule has 20 heavy (non-hydrogen) atoms. The summed E-state index contributed by atoms with van der Waals surface area (Å²) in [6.07, 6.45) is 2.34. The molecule has 0 amide bonds. The van der Waals surface area contributed by atoms with Crippen LogP contribution >= 0.6 is 0 Å². The minimum absolute atomic E-state index is 0.0563. The van der Waals surface area contributed by atoms with Crippen molar-refractivity contribution in [3.05, 3.63) is 30.3 Å². The fraction of sp³-hybridized carbons (Fsp3) is 0.562. The van der Waals surface area contributed by atoms with E-state index in [9.17, 15) is 4.79 Å². The van der Waals surface area contributed by atoms with Crippen LogP contribution < -0.4 is 10.1 Å². The summed E-state index contributed by atoms with van der Waals surface area (Å²) in [4.78, 5) is 12.2. The zero-order chi connectivity index (χ0) is 14.4. The summed E-state index contributed by atoms with van der Waals surface area (Å²) >= 11 is 0. The van der Waals surface area contributed by atoms with Gasteiger partial charge in [0.15, 0.2) is 0 Å². The monoisotopic (exact) mass is 277 g/mol. The Morgan fingerprint density at radius 1 is 1.35 bits per heavy atom. The van der Waals surface area contributed by atoms with Crippen LogP contribution in [0.15, 0.2) is 30.3 Å². The predicted molar refractivity (Wildman–Crippen MR) is 77.7 cm³/mol. The molecule has 1 aromatic rings. The third kappa shape index (κ3) is 3.31. The quantitative estimate of drug-likeness (QED) is 0.812. The lowest BCUT2D eigenvalue weighted by atomic mass is 9.97. The first-order chi connectivity index (χ1) is 9.70. The Bertz CT molecular complexity index is 435. The molecule has 1 aliphatic carbocycles. The van der Waals surface area contributed by atoms with Crippen LogP contribution in [-0.2, 0) is 9.53 Å². The number of esters is 1. The summed E-state index contributed by atoms with van der Waals surface area (Å²) in [6.45, 7) is 5.00. The maximum Gasteiger partial charge on any atom is 0.326 e. The van der Waals surface area contributed by atoms with E-state index in [1.807, 2.05) is 44.2 Å². The second-order valence-electron chi connectivity index (χ2n) is 5.13. The molecule has 2 atom stereocenters. The zero-order valence-electron chi connectivity index (χ0n) is 12.2. The van der Waals surface area contributed by atoms with Gasteiger partial charge in [0.05, 0.1) is 6.61 Å². The number of likely N-dealkylation sites (N-methyl/N-ethyl adjacent to an activating group) is 1. The fourth-order valence-corrected chi connectivity index (χ4v) is 2.82. The van der Waals surface area contributed by atoms with Crippen LogP contribution in [0, 0.1) is 0 Å². The van der Waals surface area contributed by atoms with Crippen LogP contribution in [0.1, 0.15) is 33.1 Å². The molecule has 1 fully saturated rings. The first-order valence-corrected chi connectivity index (χ1v) is 7.34. The van der Waals surface area contributed by atoms with Crippen molar-refractivity contribution in [2.24, 2.45) is 0 Å². The number of carbonyl (C=O) groups is 1. The van der Waals surface area contributed by atoms with Gasteiger partial charge < -0.3 is 14.8 Å². The first kappa shape index (κ1) is 14.9. The van der Waals surface area contributed by atoms with Gasteiger partial charge in [-0.2, -0.15) is 0 Å². The van der Waals surface area contributed by atoms with Gasteiger partial charge in [-0.1, -0.05) is 25.1 Å². The first-order valence-electron chi connectivity index (χ1n) is 7.34. The van der Waals surface area contributed by atoms with Crippen molar-refractivity contribution in [1.29, 1.82) is 0 Å². The smallest absolute Gasteiger partial charge is 0.326 e. The van der Waals surface area contributed by atoms with Crippen molar-refractivity contribution in [3.63, 3.8) is 0 Å². The SMILES string of the molecule is CCNC1(C(=O)OCC)CCC(Oc2ccccc2)C1. The molecular weight excluding hydrogens is 254 g/mol. The van der Waals surface area contributed by atoms with E-state index in [0.29, 0.717) is 13.0 Å². The lowest BCUT2D eigenvalue weighted by Crippen LogP contribution is -2.51. The summed E-state index contributed by atoms with van der Waals surface area (Å²) in [5, 5.41) is 3.30. The topological polar surface area (TPSA) is 47.6 Å². The van der Waals surface area contributed by atoms with Crippen molar-refractivity contribution >= 4 is 5.97 Å². The molecule has 1 aromatic carbocycles. The molecule has 1 aliphatic rings. The molecule has 2 rings (SSSR count). The van der Waals surface area contributed by atoms with E-state index in [4.69, 9.17) is 9.47 Å². The summed E-state index contributed by atoms with van der Waals surface area (Å²) in [5.41, 5.74) is -0.579. The van der Waals surface area contributed by atoms with E-state index < -0.39 is 5.54 Å². The van der Waals surface area contributed by atoms with Gasteiger partial charge in [-0.15, -0.1) is 0 Å². The van der Waals surface area contributed by atoms with Crippen molar-refractivity contribution in [3.8, 4) is 5.75 Å². The molecule has 0 spiro atoms. The third-order valence-corrected chi connectivity index (χ3v) is 3.70. The van der Waals surface area contributed by atoms with Gasteiger partial charge >= 0.3 is 5.97 Å². The Morgan fingerprint density at radius 2 is 2.10 bits per heavy atom. The second-order valence-corrected chi connectivity index (χ2v) is 5.13. The maximum absolute atomic E-state index is 12.2. The van der Waals surface area contributed by atoms with Gasteiger partial charge in [-0.3, -0.25) is 4.79 Å². The number of para-hydroxylation sites is 1. The highest BCUT2D eigenvalue weighted by atomic mass is 16.5. The Morgan fingerprint density at radius 3 is 2.75 bits per heavy atom. The standard InChI is InChI=1S/C16H23NO3/c1-3-17-16(15(18)19-4-2)11-10-14(12-16)20-13-8-6-5-7-9-13/h5-9,14,17H,3-4,10-12H2,1-2H3. The van der Waals surface area contributed by atoms with Gasteiger partial charge in [0.25, 0.3) is 0 Å². The maximum atomic E-state index is 12.2. The lowest BCUT2D eigenvalue weighted by Gasteiger charge is -2.27. The number of rotatable bonds is 6. The normalized spacial score (nSPS) is 25.4. The summed E-state index contributed by atoms with van der Waals surface area (Å²) < 4.78 is 11.2. The highest BCUT2D eigenvalue weighted by molar-refractivity contribution is 5.81. The van der Waals surface area contributed by atoms with E-state index in [1.54, 1.807) is 0 Å². The van der Waals surface area contributed by atoms with Gasteiger partial charge in [-0.05, 0) is 38.4 Å². The Labute approximate surface area is 120 Å². The molecule has 0 radical (unpaired) electrons. The average Bonchev–Trinajstić information content (AvgIpc) is 2.85.